The second-order valence-electron chi connectivity index (χ2n) is 11.1. The van der Waals surface area contributed by atoms with Crippen molar-refractivity contribution in [2.24, 2.45) is 20.5 Å². The number of aromatic hydroxyl groups is 1. The normalized spacial score (nSPS) is 12.4. The zero-order chi connectivity index (χ0) is 36.1. The summed E-state index contributed by atoms with van der Waals surface area (Å²) in [6, 6.07) is 24.5. The molecule has 0 atom stereocenters. The third-order valence-electron chi connectivity index (χ3n) is 7.61. The Bertz CT molecular complexity index is 2290. The van der Waals surface area contributed by atoms with E-state index in [1.165, 1.54) is 30.3 Å². The number of sulfonamides is 1. The molecule has 0 aliphatic carbocycles. The van der Waals surface area contributed by atoms with Crippen molar-refractivity contribution >= 4 is 65.0 Å². The number of rotatable bonds is 13. The third kappa shape index (κ3) is 8.19. The van der Waals surface area contributed by atoms with E-state index in [1.54, 1.807) is 44.2 Å². The molecule has 0 amide bonds. The van der Waals surface area contributed by atoms with Crippen LogP contribution >= 0.6 is 0 Å². The summed E-state index contributed by atoms with van der Waals surface area (Å²) < 4.78 is 61.5. The predicted molar refractivity (Wildman–Crippen MR) is 189 cm³/mol. The number of nitrogens with one attached hydrogen (secondary N) is 1. The molecule has 0 unspecified atom stereocenters. The van der Waals surface area contributed by atoms with Crippen LogP contribution < -0.4 is 5.32 Å². The van der Waals surface area contributed by atoms with Crippen molar-refractivity contribution in [2.45, 2.75) is 23.6 Å². The van der Waals surface area contributed by atoms with Gasteiger partial charge in [0.2, 0.25) is 10.0 Å². The number of phenolic OH excluding ortho intramolecular Hbond substituents is 1. The highest BCUT2D eigenvalue weighted by Crippen LogP contribution is 2.43. The first-order valence-corrected chi connectivity index (χ1v) is 18.1. The molecule has 50 heavy (non-hydrogen) atoms. The van der Waals surface area contributed by atoms with Gasteiger partial charge < -0.3 is 20.6 Å². The number of benzene rings is 5. The molecular weight excluding hydrogens is 685 g/mol. The van der Waals surface area contributed by atoms with Gasteiger partial charge in [0.1, 0.15) is 10.6 Å². The van der Waals surface area contributed by atoms with E-state index < -0.39 is 49.7 Å². The quantitative estimate of drug-likeness (QED) is 0.0628. The van der Waals surface area contributed by atoms with Crippen molar-refractivity contribution in [1.29, 1.82) is 0 Å². The van der Waals surface area contributed by atoms with Gasteiger partial charge in [0, 0.05) is 29.9 Å². The molecule has 0 bridgehead atoms. The Morgan fingerprint density at radius 1 is 0.700 bits per heavy atom. The summed E-state index contributed by atoms with van der Waals surface area (Å²) in [5, 5.41) is 50.1. The van der Waals surface area contributed by atoms with Crippen molar-refractivity contribution in [3.63, 3.8) is 0 Å². The van der Waals surface area contributed by atoms with Crippen LogP contribution in [-0.2, 0) is 20.1 Å². The molecule has 0 fully saturated rings. The Hall–Kier alpha value is -5.10. The van der Waals surface area contributed by atoms with Crippen LogP contribution in [0.3, 0.4) is 0 Å². The van der Waals surface area contributed by atoms with E-state index in [2.05, 4.69) is 25.8 Å². The molecule has 5 rings (SSSR count). The van der Waals surface area contributed by atoms with E-state index in [0.29, 0.717) is 44.6 Å². The third-order valence-corrected chi connectivity index (χ3v) is 10.4. The number of aryl methyl sites for hydroxylation is 2. The van der Waals surface area contributed by atoms with Gasteiger partial charge in [-0.3, -0.25) is 4.55 Å². The minimum absolute atomic E-state index is 0.0282. The Kier molecular flexibility index (Phi) is 11.0. The minimum Gasteiger partial charge on any atom is -0.505 e. The van der Waals surface area contributed by atoms with Gasteiger partial charge in [-0.25, -0.2) is 8.42 Å². The lowest BCUT2D eigenvalue weighted by atomic mass is 10.1. The van der Waals surface area contributed by atoms with E-state index in [4.69, 9.17) is 0 Å². The van der Waals surface area contributed by atoms with Crippen LogP contribution in [0.5, 0.6) is 5.75 Å². The van der Waals surface area contributed by atoms with Crippen LogP contribution in [0.15, 0.2) is 121 Å². The van der Waals surface area contributed by atoms with Crippen LogP contribution in [0, 0.1) is 13.8 Å². The molecule has 0 saturated heterocycles. The topological polar surface area (TPSA) is 214 Å². The number of hydrogen-bond acceptors (Lipinski definition) is 12. The summed E-state index contributed by atoms with van der Waals surface area (Å²) in [7, 11) is -8.75. The molecule has 0 saturated carbocycles. The number of nitrogens with zero attached hydrogens (tertiary/aromatic N) is 5. The lowest BCUT2D eigenvalue weighted by molar-refractivity contribution is 0.217. The molecule has 5 aromatic carbocycles. The van der Waals surface area contributed by atoms with Gasteiger partial charge in [-0.05, 0) is 103 Å². The highest BCUT2D eigenvalue weighted by atomic mass is 32.2. The number of aliphatic hydroxyl groups excluding tert-OH is 2. The fraction of sp³-hybridized carbons (Fsp3) is 0.176. The maximum atomic E-state index is 12.8. The van der Waals surface area contributed by atoms with Gasteiger partial charge >= 0.3 is 0 Å². The van der Waals surface area contributed by atoms with E-state index in [0.717, 1.165) is 9.99 Å². The molecule has 14 nitrogen and oxygen atoms in total. The Morgan fingerprint density at radius 2 is 1.30 bits per heavy atom. The van der Waals surface area contributed by atoms with Crippen molar-refractivity contribution in [2.75, 3.05) is 31.6 Å². The predicted octanol–water partition coefficient (Wildman–Crippen LogP) is 6.96. The summed E-state index contributed by atoms with van der Waals surface area (Å²) >= 11 is 0. The lowest BCUT2D eigenvalue weighted by Crippen LogP contribution is -2.35. The first kappa shape index (κ1) is 36.2. The first-order chi connectivity index (χ1) is 23.8. The van der Waals surface area contributed by atoms with Crippen LogP contribution in [0.25, 0.3) is 10.8 Å². The Balaban J connectivity index is 1.40. The fourth-order valence-electron chi connectivity index (χ4n) is 5.04. The second kappa shape index (κ2) is 15.2. The first-order valence-electron chi connectivity index (χ1n) is 15.2. The summed E-state index contributed by atoms with van der Waals surface area (Å²) in [5.74, 6) is -0.474. The number of para-hydroxylation sites is 1. The van der Waals surface area contributed by atoms with Crippen molar-refractivity contribution < 1.29 is 36.7 Å². The monoisotopic (exact) mass is 718 g/mol. The number of azo groups is 2. The highest BCUT2D eigenvalue weighted by molar-refractivity contribution is 7.89. The average molecular weight is 719 g/mol. The van der Waals surface area contributed by atoms with Gasteiger partial charge in [0.25, 0.3) is 10.1 Å². The summed E-state index contributed by atoms with van der Waals surface area (Å²) in [5.41, 5.74) is 3.42. The molecule has 0 heterocycles. The fourth-order valence-corrected chi connectivity index (χ4v) is 7.12. The number of anilines is 2. The summed E-state index contributed by atoms with van der Waals surface area (Å²) in [6.07, 6.45) is 0. The molecular formula is C34H34N6O8S2. The standard InChI is InChI=1S/C34H34N6O8S2/c1-22-19-31(23(2)18-30(22)37-36-26-8-11-28(12-9-26)49(44,45)40(14-16-41)15-17-42)38-39-33-32(50(46,47)48)21-24-20-27(10-13-29(24)34(33)43)35-25-6-4-3-5-7-25/h3-13,18-21,35,41-43H,14-17H2,1-2H3,(H,46,47,48)/b37-36+,39-38+. The van der Waals surface area contributed by atoms with E-state index in [-0.39, 0.29) is 18.0 Å². The number of hydrogen-bond donors (Lipinski definition) is 5. The lowest BCUT2D eigenvalue weighted by Gasteiger charge is -2.20. The summed E-state index contributed by atoms with van der Waals surface area (Å²) in [6.45, 7) is 2.38. The number of fused-ring (bicyclic) bond motifs is 1. The average Bonchev–Trinajstić information content (AvgIpc) is 3.08. The van der Waals surface area contributed by atoms with Crippen molar-refractivity contribution in [3.05, 3.63) is 102 Å². The molecule has 0 aliphatic heterocycles. The van der Waals surface area contributed by atoms with Gasteiger partial charge in [-0.15, -0.1) is 5.11 Å². The molecule has 0 aromatic heterocycles. The van der Waals surface area contributed by atoms with Crippen LogP contribution in [0.4, 0.5) is 34.1 Å². The van der Waals surface area contributed by atoms with Gasteiger partial charge in [-0.2, -0.15) is 28.1 Å². The van der Waals surface area contributed by atoms with E-state index in [1.807, 2.05) is 30.3 Å². The Labute approximate surface area is 288 Å². The van der Waals surface area contributed by atoms with Crippen LogP contribution in [0.1, 0.15) is 11.1 Å². The Morgan fingerprint density at radius 3 is 1.88 bits per heavy atom. The number of aliphatic hydroxyl groups is 2. The summed E-state index contributed by atoms with van der Waals surface area (Å²) in [4.78, 5) is -0.643. The maximum absolute atomic E-state index is 12.8. The van der Waals surface area contributed by atoms with Gasteiger partial charge in [0.05, 0.1) is 35.2 Å². The SMILES string of the molecule is Cc1cc(/N=N/c2c(S(=O)(=O)O)cc3cc(Nc4ccccc4)ccc3c2O)c(C)cc1/N=N/c1ccc(S(=O)(=O)N(CCO)CCO)cc1. The van der Waals surface area contributed by atoms with E-state index >= 15 is 0 Å². The maximum Gasteiger partial charge on any atom is 0.296 e. The minimum atomic E-state index is -4.82. The molecule has 260 valence electrons. The molecule has 16 heteroatoms. The zero-order valence-corrected chi connectivity index (χ0v) is 28.6. The molecule has 5 aromatic rings. The highest BCUT2D eigenvalue weighted by Gasteiger charge is 2.24. The van der Waals surface area contributed by atoms with Crippen LogP contribution in [0.2, 0.25) is 0 Å². The molecule has 5 N–H and O–H groups in total. The molecule has 0 radical (unpaired) electrons. The smallest absolute Gasteiger partial charge is 0.296 e. The number of phenols is 1. The largest absolute Gasteiger partial charge is 0.505 e. The molecule has 0 spiro atoms. The van der Waals surface area contributed by atoms with Crippen molar-refractivity contribution in [1.82, 2.24) is 4.31 Å². The van der Waals surface area contributed by atoms with E-state index in [9.17, 15) is 36.7 Å². The van der Waals surface area contributed by atoms with Crippen molar-refractivity contribution in [3.8, 4) is 5.75 Å². The van der Waals surface area contributed by atoms with Gasteiger partial charge in [-0.1, -0.05) is 18.2 Å². The van der Waals surface area contributed by atoms with Crippen LogP contribution in [-0.4, -0.2) is 67.3 Å². The molecule has 0 aliphatic rings. The zero-order valence-electron chi connectivity index (χ0n) is 27.0. The second-order valence-corrected chi connectivity index (χ2v) is 14.5. The van der Waals surface area contributed by atoms with Gasteiger partial charge in [0.15, 0.2) is 5.75 Å².